The molecule has 0 saturated heterocycles. The molecule has 6 rings (SSSR count). The van der Waals surface area contributed by atoms with Crippen LogP contribution in [-0.2, 0) is 4.74 Å². The maximum absolute atomic E-state index is 6.49. The lowest BCUT2D eigenvalue weighted by Crippen LogP contribution is -2.47. The second kappa shape index (κ2) is 15.9. The lowest BCUT2D eigenvalue weighted by Gasteiger charge is -2.56. The highest BCUT2D eigenvalue weighted by atomic mass is 16.5. The van der Waals surface area contributed by atoms with Gasteiger partial charge in [0.2, 0.25) is 0 Å². The van der Waals surface area contributed by atoms with E-state index >= 15 is 0 Å². The summed E-state index contributed by atoms with van der Waals surface area (Å²) in [6.45, 7) is 11.6. The molecule has 0 heterocycles. The number of rotatable bonds is 12. The zero-order valence-electron chi connectivity index (χ0n) is 31.5. The van der Waals surface area contributed by atoms with Crippen molar-refractivity contribution in [3.05, 3.63) is 48.6 Å². The first-order valence-corrected chi connectivity index (χ1v) is 21.2. The van der Waals surface area contributed by atoms with Crippen molar-refractivity contribution >= 4 is 0 Å². The molecule has 0 aromatic heterocycles. The smallest absolute Gasteiger partial charge is 0.0563 e. The van der Waals surface area contributed by atoms with Crippen molar-refractivity contribution in [3.8, 4) is 0 Å². The van der Waals surface area contributed by atoms with Gasteiger partial charge in [-0.05, 0) is 85.9 Å². The van der Waals surface area contributed by atoms with Crippen molar-refractivity contribution < 1.29 is 4.74 Å². The Morgan fingerprint density at radius 2 is 0.830 bits per heavy atom. The van der Waals surface area contributed by atoms with Gasteiger partial charge in [-0.25, -0.2) is 0 Å². The highest BCUT2D eigenvalue weighted by Crippen LogP contribution is 2.62. The highest BCUT2D eigenvalue weighted by molar-refractivity contribution is 5.27. The Morgan fingerprint density at radius 3 is 1.15 bits per heavy atom. The molecule has 0 bridgehead atoms. The van der Waals surface area contributed by atoms with Gasteiger partial charge >= 0.3 is 0 Å². The molecule has 4 saturated carbocycles. The van der Waals surface area contributed by atoms with E-state index in [4.69, 9.17) is 4.74 Å². The summed E-state index contributed by atoms with van der Waals surface area (Å²) in [5.74, 6) is 4.63. The molecule has 0 aromatic carbocycles. The van der Waals surface area contributed by atoms with Crippen LogP contribution in [-0.4, -0.2) is 13.2 Å². The Bertz CT molecular complexity index is 962. The van der Waals surface area contributed by atoms with Gasteiger partial charge in [0.25, 0.3) is 0 Å². The standard InChI is InChI=1S/C46H74O/c1-5-13-37-15-19-41(20-16-37)45(27-9-7-10-28-45)43(3)31-23-39(24-32-43)35-47-36-40-25-33-44(4,34-26-40)46(29-11-8-12-30-46)42-21-17-38(14-6-2)18-22-42/h23-26,31-34,37-42H,5-22,27-30,35-36H2,1-4H3/t37-,38-,39-,40-,41-,42-,43-,44-. The Hall–Kier alpha value is -1.08. The third-order valence-corrected chi connectivity index (χ3v) is 15.7. The molecule has 47 heavy (non-hydrogen) atoms. The van der Waals surface area contributed by atoms with Crippen molar-refractivity contribution in [2.24, 2.45) is 57.2 Å². The Labute approximate surface area is 291 Å². The average molecular weight is 643 g/mol. The van der Waals surface area contributed by atoms with Gasteiger partial charge in [-0.1, -0.05) is 166 Å². The lowest BCUT2D eigenvalue weighted by atomic mass is 9.49. The molecule has 0 amide bonds. The monoisotopic (exact) mass is 643 g/mol. The Kier molecular flexibility index (Phi) is 12.1. The summed E-state index contributed by atoms with van der Waals surface area (Å²) in [4.78, 5) is 0. The number of hydrogen-bond donors (Lipinski definition) is 0. The van der Waals surface area contributed by atoms with Crippen LogP contribution in [0.4, 0.5) is 0 Å². The van der Waals surface area contributed by atoms with Gasteiger partial charge in [-0.3, -0.25) is 0 Å². The molecular formula is C46H74O. The third kappa shape index (κ3) is 7.52. The van der Waals surface area contributed by atoms with Gasteiger partial charge in [0.05, 0.1) is 13.2 Å². The van der Waals surface area contributed by atoms with Crippen molar-refractivity contribution in [1.82, 2.24) is 0 Å². The highest BCUT2D eigenvalue weighted by Gasteiger charge is 2.53. The van der Waals surface area contributed by atoms with Crippen LogP contribution in [0, 0.1) is 57.2 Å². The van der Waals surface area contributed by atoms with Crippen LogP contribution in [0.1, 0.15) is 169 Å². The largest absolute Gasteiger partial charge is 0.380 e. The molecule has 6 aliphatic carbocycles. The summed E-state index contributed by atoms with van der Waals surface area (Å²) in [6, 6.07) is 0. The van der Waals surface area contributed by atoms with Crippen LogP contribution in [0.15, 0.2) is 48.6 Å². The topological polar surface area (TPSA) is 9.23 Å². The van der Waals surface area contributed by atoms with Crippen LogP contribution < -0.4 is 0 Å². The Balaban J connectivity index is 1.02. The SMILES string of the molecule is CCC[C@H]1CC[C@H](C2([C@]3(C)C=C[C@@H](COC[C@H]4C=C[C@](C)(C5([C@H]6CC[C@H](CCC)CC6)CCCCC5)C=C4)C=C3)CCCCC2)CC1. The van der Waals surface area contributed by atoms with E-state index in [9.17, 15) is 0 Å². The molecular weight excluding hydrogens is 569 g/mol. The van der Waals surface area contributed by atoms with Gasteiger partial charge in [0.15, 0.2) is 0 Å². The van der Waals surface area contributed by atoms with Crippen molar-refractivity contribution in [1.29, 1.82) is 0 Å². The molecule has 0 aliphatic heterocycles. The zero-order chi connectivity index (χ0) is 32.8. The quantitative estimate of drug-likeness (QED) is 0.192. The van der Waals surface area contributed by atoms with Gasteiger partial charge in [0.1, 0.15) is 0 Å². The third-order valence-electron chi connectivity index (χ3n) is 15.7. The molecule has 1 nitrogen and oxygen atoms in total. The summed E-state index contributed by atoms with van der Waals surface area (Å²) in [7, 11) is 0. The fourth-order valence-corrected chi connectivity index (χ4v) is 12.7. The average Bonchev–Trinajstić information content (AvgIpc) is 3.11. The van der Waals surface area contributed by atoms with Crippen LogP contribution in [0.25, 0.3) is 0 Å². The predicted molar refractivity (Wildman–Crippen MR) is 202 cm³/mol. The van der Waals surface area contributed by atoms with Crippen LogP contribution in [0.2, 0.25) is 0 Å². The minimum Gasteiger partial charge on any atom is -0.380 e. The molecule has 0 spiro atoms. The van der Waals surface area contributed by atoms with E-state index in [0.717, 1.165) is 36.9 Å². The summed E-state index contributed by atoms with van der Waals surface area (Å²) in [5, 5.41) is 0. The first-order chi connectivity index (χ1) is 22.9. The summed E-state index contributed by atoms with van der Waals surface area (Å²) in [5.41, 5.74) is 1.35. The normalized spacial score (nSPS) is 40.0. The van der Waals surface area contributed by atoms with E-state index in [1.54, 1.807) is 0 Å². The summed E-state index contributed by atoms with van der Waals surface area (Å²) >= 11 is 0. The number of ether oxygens (including phenoxy) is 1. The molecule has 0 N–H and O–H groups in total. The lowest BCUT2D eigenvalue weighted by molar-refractivity contribution is -0.0160. The zero-order valence-corrected chi connectivity index (χ0v) is 31.5. The van der Waals surface area contributed by atoms with E-state index < -0.39 is 0 Å². The van der Waals surface area contributed by atoms with Gasteiger partial charge in [-0.2, -0.15) is 0 Å². The first kappa shape index (κ1) is 35.7. The molecule has 6 aliphatic rings. The van der Waals surface area contributed by atoms with Crippen LogP contribution in [0.3, 0.4) is 0 Å². The second-order valence-electron chi connectivity index (χ2n) is 18.3. The van der Waals surface area contributed by atoms with Crippen LogP contribution in [0.5, 0.6) is 0 Å². The van der Waals surface area contributed by atoms with Crippen molar-refractivity contribution in [3.63, 3.8) is 0 Å². The molecule has 0 radical (unpaired) electrons. The van der Waals surface area contributed by atoms with E-state index in [-0.39, 0.29) is 10.8 Å². The van der Waals surface area contributed by atoms with Gasteiger partial charge in [0, 0.05) is 22.7 Å². The minimum atomic E-state index is 0.204. The maximum Gasteiger partial charge on any atom is 0.0563 e. The maximum atomic E-state index is 6.49. The molecule has 0 unspecified atom stereocenters. The summed E-state index contributed by atoms with van der Waals surface area (Å²) < 4.78 is 6.49. The molecule has 1 heteroatoms. The Morgan fingerprint density at radius 1 is 0.489 bits per heavy atom. The number of hydrogen-bond acceptors (Lipinski definition) is 1. The predicted octanol–water partition coefficient (Wildman–Crippen LogP) is 13.6. The molecule has 264 valence electrons. The van der Waals surface area contributed by atoms with E-state index in [0.29, 0.717) is 22.7 Å². The molecule has 0 atom stereocenters. The fourth-order valence-electron chi connectivity index (χ4n) is 12.7. The van der Waals surface area contributed by atoms with Gasteiger partial charge in [-0.15, -0.1) is 0 Å². The molecule has 4 fully saturated rings. The number of allylic oxidation sites excluding steroid dienone is 4. The molecule has 0 aromatic rings. The summed E-state index contributed by atoms with van der Waals surface area (Å²) in [6.07, 6.45) is 52.5. The second-order valence-corrected chi connectivity index (χ2v) is 18.3. The first-order valence-electron chi connectivity index (χ1n) is 21.2. The van der Waals surface area contributed by atoms with E-state index in [1.165, 1.54) is 141 Å². The fraction of sp³-hybridized carbons (Fsp3) is 0.826. The van der Waals surface area contributed by atoms with Crippen molar-refractivity contribution in [2.75, 3.05) is 13.2 Å². The van der Waals surface area contributed by atoms with Crippen molar-refractivity contribution in [2.45, 2.75) is 169 Å². The van der Waals surface area contributed by atoms with Gasteiger partial charge < -0.3 is 4.74 Å². The van der Waals surface area contributed by atoms with Crippen LogP contribution >= 0.6 is 0 Å². The van der Waals surface area contributed by atoms with E-state index in [1.807, 2.05) is 0 Å². The minimum absolute atomic E-state index is 0.204. The van der Waals surface area contributed by atoms with E-state index in [2.05, 4.69) is 76.3 Å².